The zero-order valence-electron chi connectivity index (χ0n) is 14.3. The van der Waals surface area contributed by atoms with E-state index < -0.39 is 0 Å². The van der Waals surface area contributed by atoms with Crippen LogP contribution >= 0.6 is 0 Å². The fourth-order valence-corrected chi connectivity index (χ4v) is 3.54. The predicted octanol–water partition coefficient (Wildman–Crippen LogP) is 2.95. The number of carbonyl (C=O) groups excluding carboxylic acids is 1. The maximum absolute atomic E-state index is 12.7. The van der Waals surface area contributed by atoms with Crippen LogP contribution in [-0.4, -0.2) is 46.7 Å². The van der Waals surface area contributed by atoms with Crippen molar-refractivity contribution in [1.82, 2.24) is 15.1 Å². The van der Waals surface area contributed by atoms with Gasteiger partial charge in [0.05, 0.1) is 0 Å². The number of H-pyrrole nitrogens is 1. The lowest BCUT2D eigenvalue weighted by atomic mass is 10.1. The normalized spacial score (nSPS) is 21.2. The van der Waals surface area contributed by atoms with E-state index in [0.717, 1.165) is 25.3 Å². The highest BCUT2D eigenvalue weighted by Crippen LogP contribution is 2.39. The van der Waals surface area contributed by atoms with E-state index in [2.05, 4.69) is 53.2 Å². The minimum Gasteiger partial charge on any atom is -0.365 e. The standard InChI is InChI=1S/C19H24N4O/c1-13-4-3-5-16(10-13)23-9-8-22(12-14(23)2)19(24)18-11-17(20-21-18)15-6-7-15/h3-5,10-11,14-15H,6-9,12H2,1-2H3,(H,20,21)/t14-/m1/s1. The maximum Gasteiger partial charge on any atom is 0.274 e. The number of rotatable bonds is 3. The number of hydrogen-bond acceptors (Lipinski definition) is 3. The molecule has 1 saturated heterocycles. The molecule has 126 valence electrons. The molecule has 2 heterocycles. The van der Waals surface area contributed by atoms with Gasteiger partial charge in [0.1, 0.15) is 5.69 Å². The molecule has 0 bridgehead atoms. The van der Waals surface area contributed by atoms with Gasteiger partial charge in [-0.05, 0) is 50.5 Å². The molecule has 1 N–H and O–H groups in total. The van der Waals surface area contributed by atoms with E-state index in [-0.39, 0.29) is 5.91 Å². The van der Waals surface area contributed by atoms with Crippen molar-refractivity contribution in [3.63, 3.8) is 0 Å². The lowest BCUT2D eigenvalue weighted by Crippen LogP contribution is -2.53. The monoisotopic (exact) mass is 324 g/mol. The summed E-state index contributed by atoms with van der Waals surface area (Å²) < 4.78 is 0. The topological polar surface area (TPSA) is 52.2 Å². The minimum atomic E-state index is 0.0499. The van der Waals surface area contributed by atoms with Crippen molar-refractivity contribution in [2.45, 2.75) is 38.6 Å². The van der Waals surface area contributed by atoms with Crippen molar-refractivity contribution in [3.05, 3.63) is 47.3 Å². The second kappa shape index (κ2) is 5.96. The summed E-state index contributed by atoms with van der Waals surface area (Å²) in [5.41, 5.74) is 4.19. The molecular weight excluding hydrogens is 300 g/mol. The Bertz CT molecular complexity index is 749. The molecule has 1 aliphatic carbocycles. The van der Waals surface area contributed by atoms with Crippen LogP contribution in [0.4, 0.5) is 5.69 Å². The molecule has 2 aromatic rings. The molecule has 1 aromatic carbocycles. The fraction of sp³-hybridized carbons (Fsp3) is 0.474. The first kappa shape index (κ1) is 15.2. The van der Waals surface area contributed by atoms with Crippen LogP contribution in [0.15, 0.2) is 30.3 Å². The Morgan fingerprint density at radius 1 is 1.25 bits per heavy atom. The first-order valence-corrected chi connectivity index (χ1v) is 8.79. The SMILES string of the molecule is Cc1cccc(N2CCN(C(=O)c3cc(C4CC4)[nH]n3)C[C@H]2C)c1. The number of hydrogen-bond donors (Lipinski definition) is 1. The number of aryl methyl sites for hydroxylation is 1. The summed E-state index contributed by atoms with van der Waals surface area (Å²) in [5, 5.41) is 7.27. The molecule has 24 heavy (non-hydrogen) atoms. The van der Waals surface area contributed by atoms with E-state index in [1.54, 1.807) is 0 Å². The molecule has 1 saturated carbocycles. The van der Waals surface area contributed by atoms with E-state index in [9.17, 15) is 4.79 Å². The number of anilines is 1. The van der Waals surface area contributed by atoms with Crippen molar-refractivity contribution in [2.75, 3.05) is 24.5 Å². The summed E-state index contributed by atoms with van der Waals surface area (Å²) in [5.74, 6) is 0.644. The molecule has 2 fully saturated rings. The van der Waals surface area contributed by atoms with Crippen LogP contribution in [0.25, 0.3) is 0 Å². The third-order valence-electron chi connectivity index (χ3n) is 5.08. The van der Waals surface area contributed by atoms with E-state index in [1.807, 2.05) is 11.0 Å². The van der Waals surface area contributed by atoms with Gasteiger partial charge in [-0.2, -0.15) is 5.10 Å². The fourth-order valence-electron chi connectivity index (χ4n) is 3.54. The van der Waals surface area contributed by atoms with Gasteiger partial charge >= 0.3 is 0 Å². The van der Waals surface area contributed by atoms with Gasteiger partial charge in [0.2, 0.25) is 0 Å². The second-order valence-corrected chi connectivity index (χ2v) is 7.12. The van der Waals surface area contributed by atoms with E-state index in [1.165, 1.54) is 24.1 Å². The van der Waals surface area contributed by atoms with Crippen LogP contribution < -0.4 is 4.90 Å². The summed E-state index contributed by atoms with van der Waals surface area (Å²) in [6.45, 7) is 6.63. The van der Waals surface area contributed by atoms with Crippen molar-refractivity contribution in [1.29, 1.82) is 0 Å². The van der Waals surface area contributed by atoms with Gasteiger partial charge in [0.15, 0.2) is 0 Å². The molecule has 5 nitrogen and oxygen atoms in total. The Balaban J connectivity index is 1.44. The van der Waals surface area contributed by atoms with Gasteiger partial charge in [-0.15, -0.1) is 0 Å². The highest BCUT2D eigenvalue weighted by atomic mass is 16.2. The van der Waals surface area contributed by atoms with Gasteiger partial charge in [0, 0.05) is 43.0 Å². The molecule has 1 amide bonds. The third kappa shape index (κ3) is 2.90. The molecule has 5 heteroatoms. The number of benzene rings is 1. The van der Waals surface area contributed by atoms with Crippen LogP contribution in [0, 0.1) is 6.92 Å². The number of carbonyl (C=O) groups is 1. The molecule has 0 unspecified atom stereocenters. The minimum absolute atomic E-state index is 0.0499. The number of nitrogens with one attached hydrogen (secondary N) is 1. The maximum atomic E-state index is 12.7. The van der Waals surface area contributed by atoms with Crippen LogP contribution in [0.3, 0.4) is 0 Å². The first-order valence-electron chi connectivity index (χ1n) is 8.79. The zero-order valence-corrected chi connectivity index (χ0v) is 14.3. The molecule has 0 radical (unpaired) electrons. The summed E-state index contributed by atoms with van der Waals surface area (Å²) in [7, 11) is 0. The number of piperazine rings is 1. The van der Waals surface area contributed by atoms with E-state index in [4.69, 9.17) is 0 Å². The quantitative estimate of drug-likeness (QED) is 0.944. The van der Waals surface area contributed by atoms with Crippen molar-refractivity contribution >= 4 is 11.6 Å². The van der Waals surface area contributed by atoms with Gasteiger partial charge in [-0.1, -0.05) is 12.1 Å². The Morgan fingerprint density at radius 3 is 2.79 bits per heavy atom. The summed E-state index contributed by atoms with van der Waals surface area (Å²) in [6.07, 6.45) is 2.42. The highest BCUT2D eigenvalue weighted by molar-refractivity contribution is 5.92. The second-order valence-electron chi connectivity index (χ2n) is 7.12. The molecule has 0 spiro atoms. The molecule has 1 atom stereocenters. The first-order chi connectivity index (χ1) is 11.6. The predicted molar refractivity (Wildman–Crippen MR) is 94.5 cm³/mol. The zero-order chi connectivity index (χ0) is 16.7. The van der Waals surface area contributed by atoms with Crippen molar-refractivity contribution in [3.8, 4) is 0 Å². The Labute approximate surface area is 142 Å². The van der Waals surface area contributed by atoms with Crippen LogP contribution in [0.5, 0.6) is 0 Å². The van der Waals surface area contributed by atoms with Gasteiger partial charge in [-0.3, -0.25) is 9.89 Å². The van der Waals surface area contributed by atoms with Gasteiger partial charge in [0.25, 0.3) is 5.91 Å². The molecule has 2 aliphatic rings. The van der Waals surface area contributed by atoms with E-state index >= 15 is 0 Å². The number of nitrogens with zero attached hydrogens (tertiary/aromatic N) is 3. The lowest BCUT2D eigenvalue weighted by Gasteiger charge is -2.41. The smallest absolute Gasteiger partial charge is 0.274 e. The molecule has 1 aromatic heterocycles. The number of aromatic amines is 1. The molecule has 1 aliphatic heterocycles. The average molecular weight is 324 g/mol. The lowest BCUT2D eigenvalue weighted by molar-refractivity contribution is 0.0720. The summed E-state index contributed by atoms with van der Waals surface area (Å²) >= 11 is 0. The summed E-state index contributed by atoms with van der Waals surface area (Å²) in [6, 6.07) is 10.8. The van der Waals surface area contributed by atoms with Crippen LogP contribution in [0.2, 0.25) is 0 Å². The summed E-state index contributed by atoms with van der Waals surface area (Å²) in [4.78, 5) is 17.0. The molecular formula is C19H24N4O. The van der Waals surface area contributed by atoms with Crippen LogP contribution in [-0.2, 0) is 0 Å². The Morgan fingerprint density at radius 2 is 2.08 bits per heavy atom. The Kier molecular flexibility index (Phi) is 3.79. The Hall–Kier alpha value is -2.30. The molecule has 4 rings (SSSR count). The van der Waals surface area contributed by atoms with Crippen molar-refractivity contribution in [2.24, 2.45) is 0 Å². The van der Waals surface area contributed by atoms with Gasteiger partial charge < -0.3 is 9.80 Å². The third-order valence-corrected chi connectivity index (χ3v) is 5.08. The number of amides is 1. The average Bonchev–Trinajstić information content (AvgIpc) is 3.31. The number of aromatic nitrogens is 2. The van der Waals surface area contributed by atoms with E-state index in [0.29, 0.717) is 17.7 Å². The largest absolute Gasteiger partial charge is 0.365 e. The van der Waals surface area contributed by atoms with Crippen LogP contribution in [0.1, 0.15) is 47.4 Å². The van der Waals surface area contributed by atoms with Gasteiger partial charge in [-0.25, -0.2) is 0 Å². The van der Waals surface area contributed by atoms with Crippen molar-refractivity contribution < 1.29 is 4.79 Å². The highest BCUT2D eigenvalue weighted by Gasteiger charge is 2.30.